The second-order valence-electron chi connectivity index (χ2n) is 6.23. The third-order valence-corrected chi connectivity index (χ3v) is 4.24. The number of nitrogens with zero attached hydrogens (tertiary/aromatic N) is 5. The van der Waals surface area contributed by atoms with Gasteiger partial charge in [-0.05, 0) is 24.6 Å². The smallest absolute Gasteiger partial charge is 0.306 e. The van der Waals surface area contributed by atoms with Gasteiger partial charge in [0.05, 0.1) is 27.4 Å². The van der Waals surface area contributed by atoms with Crippen LogP contribution in [0.2, 0.25) is 0 Å². The summed E-state index contributed by atoms with van der Waals surface area (Å²) in [6.45, 7) is 1.53. The predicted molar refractivity (Wildman–Crippen MR) is 104 cm³/mol. The number of halogens is 3. The van der Waals surface area contributed by atoms with E-state index in [0.29, 0.717) is 11.3 Å². The number of hydrogen-bond acceptors (Lipinski definition) is 7. The van der Waals surface area contributed by atoms with Crippen molar-refractivity contribution in [2.45, 2.75) is 13.1 Å². The summed E-state index contributed by atoms with van der Waals surface area (Å²) < 4.78 is 40.7. The van der Waals surface area contributed by atoms with Gasteiger partial charge in [-0.2, -0.15) is 18.3 Å². The minimum atomic E-state index is -5.00. The van der Waals surface area contributed by atoms with E-state index in [9.17, 15) is 33.4 Å². The largest absolute Gasteiger partial charge is 0.416 e. The quantitative estimate of drug-likeness (QED) is 0.344. The Labute approximate surface area is 171 Å². The van der Waals surface area contributed by atoms with E-state index < -0.39 is 38.6 Å². The predicted octanol–water partition coefficient (Wildman–Crippen LogP) is 4.54. The zero-order valence-corrected chi connectivity index (χ0v) is 15.7. The molecule has 0 aliphatic heterocycles. The molecule has 1 N–H and O–H groups in total. The molecule has 0 amide bonds. The number of nitro benzene ring substituents is 2. The molecule has 1 heterocycles. The minimum absolute atomic E-state index is 0.222. The van der Waals surface area contributed by atoms with Gasteiger partial charge >= 0.3 is 17.6 Å². The second kappa shape index (κ2) is 8.22. The minimum Gasteiger partial charge on any atom is -0.306 e. The van der Waals surface area contributed by atoms with Gasteiger partial charge in [0.25, 0.3) is 0 Å². The van der Waals surface area contributed by atoms with Crippen molar-refractivity contribution in [3.05, 3.63) is 86.5 Å². The number of anilines is 1. The van der Waals surface area contributed by atoms with Gasteiger partial charge in [-0.15, -0.1) is 0 Å². The number of hydrogen-bond donors (Lipinski definition) is 1. The van der Waals surface area contributed by atoms with Crippen LogP contribution in [-0.2, 0) is 6.18 Å². The first-order valence-corrected chi connectivity index (χ1v) is 8.51. The summed E-state index contributed by atoms with van der Waals surface area (Å²) in [6, 6.07) is 7.31. The summed E-state index contributed by atoms with van der Waals surface area (Å²) in [5.41, 5.74) is -0.637. The maximum Gasteiger partial charge on any atom is 0.416 e. The second-order valence-corrected chi connectivity index (χ2v) is 6.23. The zero-order valence-electron chi connectivity index (χ0n) is 15.7. The highest BCUT2D eigenvalue weighted by atomic mass is 19.4. The molecule has 0 saturated heterocycles. The number of nitrogens with one attached hydrogen (secondary N) is 1. The molecule has 3 rings (SSSR count). The van der Waals surface area contributed by atoms with E-state index in [1.807, 2.05) is 0 Å². The maximum absolute atomic E-state index is 13.0. The van der Waals surface area contributed by atoms with Crippen molar-refractivity contribution in [2.24, 2.45) is 5.10 Å². The average Bonchev–Trinajstić information content (AvgIpc) is 3.25. The molecule has 0 bridgehead atoms. The topological polar surface area (TPSA) is 128 Å². The lowest BCUT2D eigenvalue weighted by atomic mass is 10.1. The molecule has 0 unspecified atom stereocenters. The van der Waals surface area contributed by atoms with Crippen molar-refractivity contribution in [1.82, 2.24) is 9.55 Å². The van der Waals surface area contributed by atoms with Crippen molar-refractivity contribution in [1.29, 1.82) is 0 Å². The number of nitro groups is 2. The molecule has 0 spiro atoms. The molecule has 0 saturated carbocycles. The lowest BCUT2D eigenvalue weighted by Crippen LogP contribution is -2.10. The van der Waals surface area contributed by atoms with Crippen LogP contribution in [0.15, 0.2) is 60.2 Å². The Morgan fingerprint density at radius 3 is 2.13 bits per heavy atom. The normalized spacial score (nSPS) is 11.9. The number of imidazole rings is 1. The highest BCUT2D eigenvalue weighted by molar-refractivity contribution is 5.99. The fourth-order valence-corrected chi connectivity index (χ4v) is 2.67. The Hall–Kier alpha value is -4.29. The van der Waals surface area contributed by atoms with Crippen LogP contribution in [0.1, 0.15) is 18.1 Å². The summed E-state index contributed by atoms with van der Waals surface area (Å²) in [5, 5.41) is 26.4. The van der Waals surface area contributed by atoms with Crippen molar-refractivity contribution in [2.75, 3.05) is 5.43 Å². The Morgan fingerprint density at radius 1 is 1.10 bits per heavy atom. The summed E-state index contributed by atoms with van der Waals surface area (Å²) in [5.74, 6) is 0. The third-order valence-electron chi connectivity index (χ3n) is 4.24. The molecular formula is C18H13F3N6O4. The van der Waals surface area contributed by atoms with E-state index in [1.165, 1.54) is 6.92 Å². The average molecular weight is 434 g/mol. The first-order chi connectivity index (χ1) is 14.6. The molecule has 0 radical (unpaired) electrons. The molecule has 31 heavy (non-hydrogen) atoms. The fourth-order valence-electron chi connectivity index (χ4n) is 2.67. The van der Waals surface area contributed by atoms with Gasteiger partial charge < -0.3 is 4.57 Å². The summed E-state index contributed by atoms with van der Waals surface area (Å²) in [4.78, 5) is 24.2. The molecule has 2 aromatic carbocycles. The fraction of sp³-hybridized carbons (Fsp3) is 0.111. The first kappa shape index (κ1) is 21.4. The number of rotatable bonds is 6. The van der Waals surface area contributed by atoms with Crippen molar-refractivity contribution in [3.63, 3.8) is 0 Å². The van der Waals surface area contributed by atoms with Crippen LogP contribution in [0.4, 0.5) is 30.2 Å². The molecule has 160 valence electrons. The molecule has 0 fully saturated rings. The standard InChI is InChI=1S/C18H13F3N6O4/c1-11(12-2-4-14(5-3-12)25-7-6-22-10-25)23-24-17-15(26(28)29)8-13(18(19,20)21)9-16(17)27(30)31/h2-10,24H,1H3/b23-11+. The lowest BCUT2D eigenvalue weighted by Gasteiger charge is -2.10. The third kappa shape index (κ3) is 4.66. The van der Waals surface area contributed by atoms with E-state index in [4.69, 9.17) is 0 Å². The van der Waals surface area contributed by atoms with Crippen molar-refractivity contribution in [3.8, 4) is 5.69 Å². The van der Waals surface area contributed by atoms with Crippen LogP contribution in [0.5, 0.6) is 0 Å². The molecule has 0 atom stereocenters. The Morgan fingerprint density at radius 2 is 1.68 bits per heavy atom. The number of aromatic nitrogens is 2. The van der Waals surface area contributed by atoms with Crippen LogP contribution in [0.3, 0.4) is 0 Å². The van der Waals surface area contributed by atoms with Crippen LogP contribution in [0, 0.1) is 20.2 Å². The molecule has 3 aromatic rings. The van der Waals surface area contributed by atoms with Gasteiger partial charge in [-0.1, -0.05) is 12.1 Å². The van der Waals surface area contributed by atoms with Crippen molar-refractivity contribution >= 4 is 22.8 Å². The lowest BCUT2D eigenvalue weighted by molar-refractivity contribution is -0.392. The molecular weight excluding hydrogens is 421 g/mol. The monoisotopic (exact) mass is 434 g/mol. The van der Waals surface area contributed by atoms with Crippen LogP contribution in [-0.4, -0.2) is 25.1 Å². The molecule has 13 heteroatoms. The van der Waals surface area contributed by atoms with E-state index in [2.05, 4.69) is 15.5 Å². The Balaban J connectivity index is 1.96. The Bertz CT molecular complexity index is 1120. The molecule has 0 aliphatic carbocycles. The first-order valence-electron chi connectivity index (χ1n) is 8.51. The maximum atomic E-state index is 13.0. The van der Waals surface area contributed by atoms with Gasteiger partial charge in [0.15, 0.2) is 0 Å². The van der Waals surface area contributed by atoms with Gasteiger partial charge in [-0.25, -0.2) is 4.98 Å². The SMILES string of the molecule is C/C(=N\Nc1c([N+](=O)[O-])cc(C(F)(F)F)cc1[N+](=O)[O-])c1ccc(-n2ccnc2)cc1. The van der Waals surface area contributed by atoms with Crippen LogP contribution < -0.4 is 5.43 Å². The molecule has 1 aromatic heterocycles. The summed E-state index contributed by atoms with van der Waals surface area (Å²) >= 11 is 0. The van der Waals surface area contributed by atoms with Gasteiger partial charge in [-0.3, -0.25) is 25.7 Å². The van der Waals surface area contributed by atoms with E-state index in [-0.39, 0.29) is 12.1 Å². The van der Waals surface area contributed by atoms with Gasteiger partial charge in [0.1, 0.15) is 0 Å². The number of benzene rings is 2. The summed E-state index contributed by atoms with van der Waals surface area (Å²) in [7, 11) is 0. The molecule has 10 nitrogen and oxygen atoms in total. The number of hydrazone groups is 1. The van der Waals surface area contributed by atoms with Crippen LogP contribution in [0.25, 0.3) is 5.69 Å². The van der Waals surface area contributed by atoms with E-state index in [0.717, 1.165) is 5.69 Å². The summed E-state index contributed by atoms with van der Waals surface area (Å²) in [6.07, 6.45) is -0.0562. The highest BCUT2D eigenvalue weighted by Crippen LogP contribution is 2.41. The zero-order chi connectivity index (χ0) is 22.8. The van der Waals surface area contributed by atoms with Crippen LogP contribution >= 0.6 is 0 Å². The Kier molecular flexibility index (Phi) is 5.68. The van der Waals surface area contributed by atoms with E-state index in [1.54, 1.807) is 47.6 Å². The van der Waals surface area contributed by atoms with Gasteiger partial charge in [0.2, 0.25) is 5.69 Å². The highest BCUT2D eigenvalue weighted by Gasteiger charge is 2.37. The number of alkyl halides is 3. The molecule has 0 aliphatic rings. The van der Waals surface area contributed by atoms with E-state index >= 15 is 0 Å². The van der Waals surface area contributed by atoms with Crippen molar-refractivity contribution < 1.29 is 23.0 Å². The van der Waals surface area contributed by atoms with Gasteiger partial charge in [0, 0.05) is 30.2 Å².